The van der Waals surface area contributed by atoms with E-state index in [1.165, 1.54) is 12.3 Å². The number of benzene rings is 2. The van der Waals surface area contributed by atoms with Crippen LogP contribution in [0.15, 0.2) is 75.4 Å². The van der Waals surface area contributed by atoms with Crippen molar-refractivity contribution in [3.63, 3.8) is 0 Å². The van der Waals surface area contributed by atoms with E-state index >= 15 is 0 Å². The van der Waals surface area contributed by atoms with Crippen LogP contribution in [-0.4, -0.2) is 21.7 Å². The third-order valence-corrected chi connectivity index (χ3v) is 6.21. The molecule has 0 bridgehead atoms. The molecule has 1 N–H and O–H groups in total. The van der Waals surface area contributed by atoms with Gasteiger partial charge in [0, 0.05) is 5.56 Å². The predicted molar refractivity (Wildman–Crippen MR) is 106 cm³/mol. The van der Waals surface area contributed by atoms with E-state index in [0.717, 1.165) is 16.9 Å². The van der Waals surface area contributed by atoms with Crippen LogP contribution < -0.4 is 14.3 Å². The molecule has 3 aromatic rings. The maximum absolute atomic E-state index is 12.1. The monoisotopic (exact) mass is 402 g/mol. The lowest BCUT2D eigenvalue weighted by atomic mass is 10.2. The molecule has 140 valence electrons. The van der Waals surface area contributed by atoms with Gasteiger partial charge in [-0.2, -0.15) is 18.4 Å². The van der Waals surface area contributed by atoms with E-state index in [0.29, 0.717) is 23.7 Å². The number of methoxy groups -OCH3 is 1. The maximum atomic E-state index is 12.1. The normalized spacial score (nSPS) is 11.4. The fourth-order valence-corrected chi connectivity index (χ4v) is 4.08. The van der Waals surface area contributed by atoms with E-state index in [-0.39, 0.29) is 4.21 Å². The summed E-state index contributed by atoms with van der Waals surface area (Å²) in [5.74, 6) is 1.03. The van der Waals surface area contributed by atoms with E-state index in [1.54, 1.807) is 36.8 Å². The van der Waals surface area contributed by atoms with Gasteiger partial charge in [-0.05, 0) is 29.1 Å². The Bertz CT molecular complexity index is 1000. The van der Waals surface area contributed by atoms with Gasteiger partial charge in [0.2, 0.25) is 0 Å². The molecule has 0 fully saturated rings. The second-order valence-electron chi connectivity index (χ2n) is 5.44. The average Bonchev–Trinajstić information content (AvgIpc) is 3.23. The van der Waals surface area contributed by atoms with Gasteiger partial charge in [-0.1, -0.05) is 42.5 Å². The van der Waals surface area contributed by atoms with Crippen LogP contribution in [0.2, 0.25) is 0 Å². The minimum Gasteiger partial charge on any atom is -0.493 e. The molecule has 27 heavy (non-hydrogen) atoms. The zero-order valence-electron chi connectivity index (χ0n) is 14.5. The molecule has 0 aliphatic carbocycles. The summed E-state index contributed by atoms with van der Waals surface area (Å²) in [7, 11) is -2.13. The van der Waals surface area contributed by atoms with E-state index in [1.807, 2.05) is 30.3 Å². The van der Waals surface area contributed by atoms with Gasteiger partial charge in [0.05, 0.1) is 13.3 Å². The maximum Gasteiger partial charge on any atom is 0.286 e. The molecule has 3 rings (SSSR count). The van der Waals surface area contributed by atoms with Crippen LogP contribution >= 0.6 is 11.3 Å². The topological polar surface area (TPSA) is 77.0 Å². The first kappa shape index (κ1) is 18.9. The number of thiophene rings is 1. The Morgan fingerprint density at radius 2 is 1.89 bits per heavy atom. The van der Waals surface area contributed by atoms with E-state index < -0.39 is 10.0 Å². The Morgan fingerprint density at radius 1 is 1.07 bits per heavy atom. The summed E-state index contributed by atoms with van der Waals surface area (Å²) in [6, 6.07) is 18.2. The number of ether oxygens (including phenoxy) is 2. The summed E-state index contributed by atoms with van der Waals surface area (Å²) < 4.78 is 35.7. The minimum absolute atomic E-state index is 0.200. The van der Waals surface area contributed by atoms with Gasteiger partial charge >= 0.3 is 0 Å². The molecule has 0 unspecified atom stereocenters. The molecule has 0 saturated carbocycles. The molecule has 0 amide bonds. The SMILES string of the molecule is COc1cccc(/C=N/NS(=O)(=O)c2cccs2)c1OCc1ccccc1. The Labute approximate surface area is 162 Å². The highest BCUT2D eigenvalue weighted by molar-refractivity contribution is 7.91. The smallest absolute Gasteiger partial charge is 0.286 e. The highest BCUT2D eigenvalue weighted by atomic mass is 32.2. The number of hydrazone groups is 1. The molecule has 0 aliphatic heterocycles. The van der Waals surface area contributed by atoms with Crippen LogP contribution in [0.25, 0.3) is 0 Å². The molecule has 1 aromatic heterocycles. The number of rotatable bonds is 8. The Balaban J connectivity index is 1.78. The fourth-order valence-electron chi connectivity index (χ4n) is 2.31. The third-order valence-electron chi connectivity index (χ3n) is 3.59. The highest BCUT2D eigenvalue weighted by Crippen LogP contribution is 2.30. The fraction of sp³-hybridized carbons (Fsp3) is 0.105. The molecule has 0 spiro atoms. The summed E-state index contributed by atoms with van der Waals surface area (Å²) in [4.78, 5) is 2.20. The van der Waals surface area contributed by atoms with Gasteiger partial charge in [-0.3, -0.25) is 0 Å². The van der Waals surface area contributed by atoms with Gasteiger partial charge in [-0.15, -0.1) is 11.3 Å². The molecule has 0 aliphatic rings. The lowest BCUT2D eigenvalue weighted by Crippen LogP contribution is -2.17. The highest BCUT2D eigenvalue weighted by Gasteiger charge is 2.14. The number of para-hydroxylation sites is 1. The van der Waals surface area contributed by atoms with E-state index in [4.69, 9.17) is 9.47 Å². The first-order valence-corrected chi connectivity index (χ1v) is 10.4. The number of nitrogens with one attached hydrogen (secondary N) is 1. The van der Waals surface area contributed by atoms with Gasteiger partial charge in [0.1, 0.15) is 10.8 Å². The summed E-state index contributed by atoms with van der Waals surface area (Å²) >= 11 is 1.12. The van der Waals surface area contributed by atoms with Crippen LogP contribution in [0.3, 0.4) is 0 Å². The molecule has 0 atom stereocenters. The van der Waals surface area contributed by atoms with Crippen molar-refractivity contribution in [3.05, 3.63) is 77.2 Å². The number of sulfonamides is 1. The molecule has 8 heteroatoms. The van der Waals surface area contributed by atoms with Gasteiger partial charge in [0.15, 0.2) is 11.5 Å². The zero-order valence-corrected chi connectivity index (χ0v) is 16.2. The van der Waals surface area contributed by atoms with Crippen LogP contribution in [0.5, 0.6) is 11.5 Å². The standard InChI is InChI=1S/C19H18N2O4S2/c1-24-17-10-5-9-16(19(17)25-14-15-7-3-2-4-8-15)13-20-21-27(22,23)18-11-6-12-26-18/h2-13,21H,14H2,1H3/b20-13+. The summed E-state index contributed by atoms with van der Waals surface area (Å²) in [6.07, 6.45) is 1.40. The first-order chi connectivity index (χ1) is 13.1. The van der Waals surface area contributed by atoms with E-state index in [2.05, 4.69) is 9.93 Å². The molecular weight excluding hydrogens is 384 g/mol. The summed E-state index contributed by atoms with van der Waals surface area (Å²) in [5, 5.41) is 5.56. The third kappa shape index (κ3) is 4.87. The number of nitrogens with zero attached hydrogens (tertiary/aromatic N) is 1. The minimum atomic E-state index is -3.67. The van der Waals surface area contributed by atoms with Crippen LogP contribution in [-0.2, 0) is 16.6 Å². The number of hydrogen-bond acceptors (Lipinski definition) is 6. The largest absolute Gasteiger partial charge is 0.493 e. The molecule has 0 saturated heterocycles. The van der Waals surface area contributed by atoms with Crippen molar-refractivity contribution in [2.75, 3.05) is 7.11 Å². The lowest BCUT2D eigenvalue weighted by molar-refractivity contribution is 0.284. The lowest BCUT2D eigenvalue weighted by Gasteiger charge is -2.13. The Hall–Kier alpha value is -2.84. The number of hydrogen-bond donors (Lipinski definition) is 1. The zero-order chi connectivity index (χ0) is 19.1. The molecule has 6 nitrogen and oxygen atoms in total. The quantitative estimate of drug-likeness (QED) is 0.461. The first-order valence-electron chi connectivity index (χ1n) is 8.02. The second-order valence-corrected chi connectivity index (χ2v) is 8.27. The van der Waals surface area contributed by atoms with E-state index in [9.17, 15) is 8.42 Å². The van der Waals surface area contributed by atoms with Crippen LogP contribution in [0.4, 0.5) is 0 Å². The van der Waals surface area contributed by atoms with Crippen LogP contribution in [0.1, 0.15) is 11.1 Å². The van der Waals surface area contributed by atoms with Crippen molar-refractivity contribution >= 4 is 27.6 Å². The van der Waals surface area contributed by atoms with Crippen molar-refractivity contribution in [1.82, 2.24) is 4.83 Å². The van der Waals surface area contributed by atoms with Gasteiger partial charge in [0.25, 0.3) is 10.0 Å². The molecule has 1 heterocycles. The van der Waals surface area contributed by atoms with Crippen molar-refractivity contribution in [2.45, 2.75) is 10.8 Å². The average molecular weight is 402 g/mol. The molecule has 2 aromatic carbocycles. The summed E-state index contributed by atoms with van der Waals surface area (Å²) in [6.45, 7) is 0.350. The second kappa shape index (κ2) is 8.70. The predicted octanol–water partition coefficient (Wildman–Crippen LogP) is 3.65. The van der Waals surface area contributed by atoms with Gasteiger partial charge in [-0.25, -0.2) is 0 Å². The van der Waals surface area contributed by atoms with Crippen LogP contribution in [0, 0.1) is 0 Å². The van der Waals surface area contributed by atoms with Crippen molar-refractivity contribution in [2.24, 2.45) is 5.10 Å². The van der Waals surface area contributed by atoms with Crippen molar-refractivity contribution in [1.29, 1.82) is 0 Å². The van der Waals surface area contributed by atoms with Crippen molar-refractivity contribution in [3.8, 4) is 11.5 Å². The Morgan fingerprint density at radius 3 is 2.59 bits per heavy atom. The molecule has 0 radical (unpaired) electrons. The van der Waals surface area contributed by atoms with Crippen molar-refractivity contribution < 1.29 is 17.9 Å². The molecular formula is C19H18N2O4S2. The summed E-state index contributed by atoms with van der Waals surface area (Å²) in [5.41, 5.74) is 1.60. The van der Waals surface area contributed by atoms with Gasteiger partial charge < -0.3 is 9.47 Å². The Kier molecular flexibility index (Phi) is 6.10.